The minimum atomic E-state index is 0.630. The van der Waals surface area contributed by atoms with Crippen molar-refractivity contribution in [2.45, 2.75) is 25.2 Å². The lowest BCUT2D eigenvalue weighted by molar-refractivity contribution is 0.215. The number of aromatic nitrogens is 2. The number of aromatic amines is 2. The Morgan fingerprint density at radius 3 is 2.61 bits per heavy atom. The molecule has 4 aromatic rings. The predicted molar refractivity (Wildman–Crippen MR) is 115 cm³/mol. The van der Waals surface area contributed by atoms with Crippen LogP contribution in [0.25, 0.3) is 21.8 Å². The van der Waals surface area contributed by atoms with E-state index >= 15 is 0 Å². The van der Waals surface area contributed by atoms with Crippen LogP contribution in [0.5, 0.6) is 5.75 Å². The van der Waals surface area contributed by atoms with Gasteiger partial charge in [-0.15, -0.1) is 0 Å². The molecule has 2 aromatic heterocycles. The highest BCUT2D eigenvalue weighted by Crippen LogP contribution is 2.34. The van der Waals surface area contributed by atoms with Gasteiger partial charge in [0.2, 0.25) is 0 Å². The number of hydrogen-bond acceptors (Lipinski definition) is 2. The zero-order valence-corrected chi connectivity index (χ0v) is 16.4. The molecule has 144 valence electrons. The molecule has 2 aromatic carbocycles. The van der Waals surface area contributed by atoms with Crippen LogP contribution in [-0.2, 0) is 6.42 Å². The van der Waals surface area contributed by atoms with Crippen molar-refractivity contribution < 1.29 is 4.74 Å². The number of methoxy groups -OCH3 is 1. The highest BCUT2D eigenvalue weighted by Gasteiger charge is 2.23. The van der Waals surface area contributed by atoms with Gasteiger partial charge in [-0.1, -0.05) is 18.2 Å². The third-order valence-electron chi connectivity index (χ3n) is 6.32. The van der Waals surface area contributed by atoms with E-state index < -0.39 is 0 Å². The Balaban J connectivity index is 1.23. The summed E-state index contributed by atoms with van der Waals surface area (Å²) in [6.07, 6.45) is 7.93. The average Bonchev–Trinajstić information content (AvgIpc) is 3.36. The summed E-state index contributed by atoms with van der Waals surface area (Å²) in [5.41, 5.74) is 5.33. The van der Waals surface area contributed by atoms with Crippen LogP contribution >= 0.6 is 0 Å². The summed E-state index contributed by atoms with van der Waals surface area (Å²) in [4.78, 5) is 9.45. The van der Waals surface area contributed by atoms with Crippen LogP contribution in [0.15, 0.2) is 54.9 Å². The standard InChI is InChI=1S/C24H27N3O/c1-28-19-6-7-24-21(14-19)22(16-26-24)17-8-11-27(12-9-17)13-10-18-15-25-23-5-3-2-4-20(18)23/h2-7,14-17,25-26H,8-13H2,1H3. The Kier molecular flexibility index (Phi) is 4.57. The first-order valence-electron chi connectivity index (χ1n) is 10.2. The molecule has 1 saturated heterocycles. The summed E-state index contributed by atoms with van der Waals surface area (Å²) in [6.45, 7) is 3.48. The molecule has 2 N–H and O–H groups in total. The van der Waals surface area contributed by atoms with Gasteiger partial charge in [-0.05, 0) is 73.7 Å². The Bertz CT molecular complexity index is 1090. The first-order chi connectivity index (χ1) is 13.8. The minimum Gasteiger partial charge on any atom is -0.497 e. The fourth-order valence-electron chi connectivity index (χ4n) is 4.67. The van der Waals surface area contributed by atoms with Crippen LogP contribution in [0, 0.1) is 0 Å². The molecule has 0 unspecified atom stereocenters. The fraction of sp³-hybridized carbons (Fsp3) is 0.333. The number of hydrogen-bond donors (Lipinski definition) is 2. The number of nitrogens with zero attached hydrogens (tertiary/aromatic N) is 1. The number of H-pyrrole nitrogens is 2. The number of ether oxygens (including phenoxy) is 1. The van der Waals surface area contributed by atoms with E-state index in [1.54, 1.807) is 7.11 Å². The average molecular weight is 374 g/mol. The van der Waals surface area contributed by atoms with Crippen molar-refractivity contribution in [2.24, 2.45) is 0 Å². The van der Waals surface area contributed by atoms with Crippen molar-refractivity contribution in [3.63, 3.8) is 0 Å². The molecule has 0 aliphatic carbocycles. The minimum absolute atomic E-state index is 0.630. The van der Waals surface area contributed by atoms with Crippen LogP contribution in [-0.4, -0.2) is 41.6 Å². The van der Waals surface area contributed by atoms with Gasteiger partial charge in [-0.2, -0.15) is 0 Å². The smallest absolute Gasteiger partial charge is 0.119 e. The second-order valence-electron chi connectivity index (χ2n) is 7.88. The van der Waals surface area contributed by atoms with Gasteiger partial charge in [0.25, 0.3) is 0 Å². The van der Waals surface area contributed by atoms with Crippen molar-refractivity contribution in [3.05, 3.63) is 66.0 Å². The second kappa shape index (κ2) is 7.36. The molecule has 3 heterocycles. The third kappa shape index (κ3) is 3.18. The van der Waals surface area contributed by atoms with Gasteiger partial charge in [0.05, 0.1) is 7.11 Å². The highest BCUT2D eigenvalue weighted by atomic mass is 16.5. The van der Waals surface area contributed by atoms with Crippen molar-refractivity contribution in [2.75, 3.05) is 26.7 Å². The van der Waals surface area contributed by atoms with Gasteiger partial charge in [-0.3, -0.25) is 0 Å². The summed E-state index contributed by atoms with van der Waals surface area (Å²) < 4.78 is 5.42. The SMILES string of the molecule is COc1ccc2[nH]cc(C3CCN(CCc4c[nH]c5ccccc45)CC3)c2c1. The first-order valence-corrected chi connectivity index (χ1v) is 10.2. The van der Waals surface area contributed by atoms with E-state index in [0.29, 0.717) is 5.92 Å². The topological polar surface area (TPSA) is 44.0 Å². The molecule has 0 atom stereocenters. The van der Waals surface area contributed by atoms with E-state index in [9.17, 15) is 0 Å². The Hall–Kier alpha value is -2.72. The fourth-order valence-corrected chi connectivity index (χ4v) is 4.67. The largest absolute Gasteiger partial charge is 0.497 e. The quantitative estimate of drug-likeness (QED) is 0.512. The lowest BCUT2D eigenvalue weighted by Crippen LogP contribution is -2.34. The summed E-state index contributed by atoms with van der Waals surface area (Å²) >= 11 is 0. The Morgan fingerprint density at radius 1 is 0.964 bits per heavy atom. The number of piperidine rings is 1. The van der Waals surface area contributed by atoms with Crippen LogP contribution < -0.4 is 4.74 Å². The van der Waals surface area contributed by atoms with E-state index in [1.807, 2.05) is 6.07 Å². The third-order valence-corrected chi connectivity index (χ3v) is 6.32. The van der Waals surface area contributed by atoms with Crippen LogP contribution in [0.4, 0.5) is 0 Å². The summed E-state index contributed by atoms with van der Waals surface area (Å²) in [7, 11) is 1.74. The van der Waals surface area contributed by atoms with Crippen LogP contribution in [0.3, 0.4) is 0 Å². The van der Waals surface area contributed by atoms with Crippen molar-refractivity contribution in [3.8, 4) is 5.75 Å². The molecule has 0 radical (unpaired) electrons. The molecule has 1 aliphatic rings. The molecule has 0 amide bonds. The normalized spacial score (nSPS) is 16.2. The van der Waals surface area contributed by atoms with Gasteiger partial charge in [0.1, 0.15) is 5.75 Å². The van der Waals surface area contributed by atoms with E-state index in [2.05, 4.69) is 63.7 Å². The molecular formula is C24H27N3O. The van der Waals surface area contributed by atoms with E-state index in [4.69, 9.17) is 4.74 Å². The van der Waals surface area contributed by atoms with Gasteiger partial charge in [-0.25, -0.2) is 0 Å². The van der Waals surface area contributed by atoms with E-state index in [-0.39, 0.29) is 0 Å². The molecule has 1 aliphatic heterocycles. The van der Waals surface area contributed by atoms with Gasteiger partial charge < -0.3 is 19.6 Å². The maximum absolute atomic E-state index is 5.42. The lowest BCUT2D eigenvalue weighted by Gasteiger charge is -2.32. The predicted octanol–water partition coefficient (Wildman–Crippen LogP) is 5.08. The number of rotatable bonds is 5. The van der Waals surface area contributed by atoms with Crippen LogP contribution in [0.2, 0.25) is 0 Å². The first kappa shape index (κ1) is 17.4. The monoisotopic (exact) mass is 373 g/mol. The summed E-state index contributed by atoms with van der Waals surface area (Å²) in [6, 6.07) is 14.9. The molecule has 0 bridgehead atoms. The molecule has 0 spiro atoms. The Labute approximate surface area is 165 Å². The lowest BCUT2D eigenvalue weighted by atomic mass is 9.89. The van der Waals surface area contributed by atoms with Crippen LogP contribution in [0.1, 0.15) is 29.9 Å². The molecular weight excluding hydrogens is 346 g/mol. The molecule has 4 heteroatoms. The molecule has 1 fully saturated rings. The zero-order valence-electron chi connectivity index (χ0n) is 16.4. The van der Waals surface area contributed by atoms with E-state index in [0.717, 1.165) is 18.7 Å². The molecule has 4 nitrogen and oxygen atoms in total. The molecule has 5 rings (SSSR count). The van der Waals surface area contributed by atoms with Crippen molar-refractivity contribution in [1.82, 2.24) is 14.9 Å². The van der Waals surface area contributed by atoms with Gasteiger partial charge in [0.15, 0.2) is 0 Å². The van der Waals surface area contributed by atoms with Crippen molar-refractivity contribution >= 4 is 21.8 Å². The van der Waals surface area contributed by atoms with Gasteiger partial charge >= 0.3 is 0 Å². The summed E-state index contributed by atoms with van der Waals surface area (Å²) in [5, 5.41) is 2.68. The number of nitrogens with one attached hydrogen (secondary N) is 2. The second-order valence-corrected chi connectivity index (χ2v) is 7.88. The number of likely N-dealkylation sites (tertiary alicyclic amines) is 1. The molecule has 0 saturated carbocycles. The maximum Gasteiger partial charge on any atom is 0.119 e. The Morgan fingerprint density at radius 2 is 1.75 bits per heavy atom. The highest BCUT2D eigenvalue weighted by molar-refractivity contribution is 5.85. The number of para-hydroxylation sites is 1. The number of fused-ring (bicyclic) bond motifs is 2. The number of benzene rings is 2. The molecule has 28 heavy (non-hydrogen) atoms. The van der Waals surface area contributed by atoms with E-state index in [1.165, 1.54) is 58.9 Å². The zero-order chi connectivity index (χ0) is 18.9. The maximum atomic E-state index is 5.42. The van der Waals surface area contributed by atoms with Gasteiger partial charge in [0, 0.05) is 40.7 Å². The van der Waals surface area contributed by atoms with Crippen molar-refractivity contribution in [1.29, 1.82) is 0 Å². The summed E-state index contributed by atoms with van der Waals surface area (Å²) in [5.74, 6) is 1.56.